The maximum Gasteiger partial charge on any atom is 0.340 e. The Kier molecular flexibility index (Phi) is 5.25. The van der Waals surface area contributed by atoms with Gasteiger partial charge < -0.3 is 15.2 Å². The van der Waals surface area contributed by atoms with E-state index in [1.54, 1.807) is 25.1 Å². The third kappa shape index (κ3) is 3.27. The third-order valence-corrected chi connectivity index (χ3v) is 6.28. The van der Waals surface area contributed by atoms with E-state index in [9.17, 15) is 9.59 Å². The SMILES string of the molecule is CCOC(=O)C1=C(N)Oc2c(c(=O)sc3ccccc23)C1c1c(Cl)cccc1Cl. The van der Waals surface area contributed by atoms with Crippen LogP contribution in [0.15, 0.2) is 58.7 Å². The number of benzene rings is 2. The quantitative estimate of drug-likeness (QED) is 0.581. The lowest BCUT2D eigenvalue weighted by molar-refractivity contribution is -0.139. The summed E-state index contributed by atoms with van der Waals surface area (Å²) in [7, 11) is 0. The van der Waals surface area contributed by atoms with E-state index in [1.807, 2.05) is 24.3 Å². The molecule has 8 heteroatoms. The van der Waals surface area contributed by atoms with Crippen molar-refractivity contribution >= 4 is 50.6 Å². The van der Waals surface area contributed by atoms with Crippen molar-refractivity contribution in [3.05, 3.63) is 84.6 Å². The highest BCUT2D eigenvalue weighted by Crippen LogP contribution is 2.48. The van der Waals surface area contributed by atoms with E-state index in [1.165, 1.54) is 0 Å². The standard InChI is InChI=1S/C21H15Cl2NO4S/c1-2-27-20(25)17-15(14-11(22)7-5-8-12(14)23)16-18(28-19(17)24)10-6-3-4-9-13(10)29-21(16)26/h3-9,15H,2,24H2,1H3. The highest BCUT2D eigenvalue weighted by atomic mass is 35.5. The molecule has 0 saturated carbocycles. The highest BCUT2D eigenvalue weighted by Gasteiger charge is 2.40. The Labute approximate surface area is 180 Å². The number of esters is 1. The smallest absolute Gasteiger partial charge is 0.340 e. The van der Waals surface area contributed by atoms with E-state index < -0.39 is 11.9 Å². The molecule has 1 unspecified atom stereocenters. The zero-order valence-corrected chi connectivity index (χ0v) is 17.5. The zero-order valence-electron chi connectivity index (χ0n) is 15.2. The summed E-state index contributed by atoms with van der Waals surface area (Å²) in [6, 6.07) is 12.3. The maximum absolute atomic E-state index is 13.2. The highest BCUT2D eigenvalue weighted by molar-refractivity contribution is 7.16. The third-order valence-electron chi connectivity index (χ3n) is 4.64. The summed E-state index contributed by atoms with van der Waals surface area (Å²) in [6.45, 7) is 1.81. The van der Waals surface area contributed by atoms with E-state index in [4.69, 9.17) is 38.4 Å². The number of hydrogen-bond donors (Lipinski definition) is 1. The Balaban J connectivity index is 2.10. The van der Waals surface area contributed by atoms with Gasteiger partial charge in [-0.25, -0.2) is 4.79 Å². The predicted octanol–water partition coefficient (Wildman–Crippen LogP) is 4.83. The molecule has 0 amide bonds. The fourth-order valence-corrected chi connectivity index (χ4v) is 5.00. The molecule has 0 fully saturated rings. The molecule has 2 aromatic carbocycles. The van der Waals surface area contributed by atoms with Gasteiger partial charge in [-0.05, 0) is 31.2 Å². The van der Waals surface area contributed by atoms with Crippen LogP contribution in [0.5, 0.6) is 5.75 Å². The van der Waals surface area contributed by atoms with Crippen molar-refractivity contribution in [3.63, 3.8) is 0 Å². The number of rotatable bonds is 3. The molecule has 29 heavy (non-hydrogen) atoms. The lowest BCUT2D eigenvalue weighted by atomic mass is 9.83. The van der Waals surface area contributed by atoms with Crippen LogP contribution in [0, 0.1) is 0 Å². The van der Waals surface area contributed by atoms with Crippen LogP contribution in [0.25, 0.3) is 10.1 Å². The normalized spacial score (nSPS) is 15.8. The molecule has 4 rings (SSSR count). The Morgan fingerprint density at radius 2 is 1.83 bits per heavy atom. The van der Waals surface area contributed by atoms with Crippen molar-refractivity contribution in [1.29, 1.82) is 0 Å². The molecular formula is C21H15Cl2NO4S. The van der Waals surface area contributed by atoms with E-state index in [0.717, 1.165) is 16.0 Å². The van der Waals surface area contributed by atoms with Crippen molar-refractivity contribution < 1.29 is 14.3 Å². The molecule has 148 valence electrons. The molecule has 1 aliphatic heterocycles. The van der Waals surface area contributed by atoms with Gasteiger partial charge in [-0.1, -0.05) is 52.7 Å². The molecule has 0 bridgehead atoms. The van der Waals surface area contributed by atoms with Crippen LogP contribution < -0.4 is 15.2 Å². The monoisotopic (exact) mass is 447 g/mol. The fourth-order valence-electron chi connectivity index (χ4n) is 3.45. The summed E-state index contributed by atoms with van der Waals surface area (Å²) < 4.78 is 11.5. The Morgan fingerprint density at radius 1 is 1.14 bits per heavy atom. The Bertz CT molecular complexity index is 1210. The van der Waals surface area contributed by atoms with Crippen LogP contribution >= 0.6 is 34.5 Å². The molecule has 1 aromatic heterocycles. The number of hydrogen-bond acceptors (Lipinski definition) is 6. The van der Waals surface area contributed by atoms with Crippen LogP contribution in [0.1, 0.15) is 24.0 Å². The summed E-state index contributed by atoms with van der Waals surface area (Å²) >= 11 is 14.0. The second kappa shape index (κ2) is 7.71. The topological polar surface area (TPSA) is 78.6 Å². The van der Waals surface area contributed by atoms with E-state index in [-0.39, 0.29) is 28.4 Å². The minimum absolute atomic E-state index is 0.00827. The first-order chi connectivity index (χ1) is 13.9. The van der Waals surface area contributed by atoms with Crippen molar-refractivity contribution in [2.75, 3.05) is 6.61 Å². The fraction of sp³-hybridized carbons (Fsp3) is 0.143. The summed E-state index contributed by atoms with van der Waals surface area (Å²) in [6.07, 6.45) is 0. The molecular weight excluding hydrogens is 433 g/mol. The second-order valence-corrected chi connectivity index (χ2v) is 8.13. The number of carbonyl (C=O) groups is 1. The van der Waals surface area contributed by atoms with Gasteiger partial charge in [0.15, 0.2) is 0 Å². The van der Waals surface area contributed by atoms with Gasteiger partial charge in [-0.2, -0.15) is 0 Å². The summed E-state index contributed by atoms with van der Waals surface area (Å²) in [5, 5.41) is 1.33. The number of halogens is 2. The molecule has 0 radical (unpaired) electrons. The van der Waals surface area contributed by atoms with Gasteiger partial charge in [-0.3, -0.25) is 4.79 Å². The largest absolute Gasteiger partial charge is 0.462 e. The van der Waals surface area contributed by atoms with Crippen molar-refractivity contribution in [3.8, 4) is 5.75 Å². The van der Waals surface area contributed by atoms with Crippen LogP contribution in [-0.2, 0) is 9.53 Å². The first-order valence-corrected chi connectivity index (χ1v) is 10.4. The maximum atomic E-state index is 13.2. The lowest BCUT2D eigenvalue weighted by Crippen LogP contribution is -2.30. The van der Waals surface area contributed by atoms with Crippen molar-refractivity contribution in [2.45, 2.75) is 12.8 Å². The van der Waals surface area contributed by atoms with Crippen molar-refractivity contribution in [2.24, 2.45) is 5.73 Å². The molecule has 1 aliphatic rings. The summed E-state index contributed by atoms with van der Waals surface area (Å²) in [5.74, 6) is -1.44. The lowest BCUT2D eigenvalue weighted by Gasteiger charge is -2.29. The van der Waals surface area contributed by atoms with Gasteiger partial charge in [0.05, 0.1) is 18.1 Å². The average Bonchev–Trinajstić information content (AvgIpc) is 2.67. The Morgan fingerprint density at radius 3 is 2.52 bits per heavy atom. The minimum atomic E-state index is -0.910. The second-order valence-electron chi connectivity index (χ2n) is 6.30. The molecule has 0 spiro atoms. The number of carbonyl (C=O) groups excluding carboxylic acids is 1. The van der Waals surface area contributed by atoms with Gasteiger partial charge in [0.25, 0.3) is 0 Å². The first kappa shape index (κ1) is 19.8. The number of ether oxygens (including phenoxy) is 2. The van der Waals surface area contributed by atoms with Gasteiger partial charge in [0, 0.05) is 25.7 Å². The van der Waals surface area contributed by atoms with E-state index in [0.29, 0.717) is 26.7 Å². The average molecular weight is 448 g/mol. The van der Waals surface area contributed by atoms with Crippen LogP contribution in [0.3, 0.4) is 0 Å². The number of fused-ring (bicyclic) bond motifs is 3. The summed E-state index contributed by atoms with van der Waals surface area (Å²) in [5.41, 5.74) is 6.85. The van der Waals surface area contributed by atoms with Gasteiger partial charge >= 0.3 is 5.97 Å². The van der Waals surface area contributed by atoms with Crippen LogP contribution in [0.2, 0.25) is 10.0 Å². The first-order valence-electron chi connectivity index (χ1n) is 8.78. The molecule has 1 atom stereocenters. The molecule has 3 aromatic rings. The molecule has 2 N–H and O–H groups in total. The van der Waals surface area contributed by atoms with Crippen LogP contribution in [0.4, 0.5) is 0 Å². The molecule has 5 nitrogen and oxygen atoms in total. The van der Waals surface area contributed by atoms with Gasteiger partial charge in [0.1, 0.15) is 11.3 Å². The molecule has 2 heterocycles. The van der Waals surface area contributed by atoms with Gasteiger partial charge in [-0.15, -0.1) is 0 Å². The minimum Gasteiger partial charge on any atom is -0.462 e. The van der Waals surface area contributed by atoms with Crippen LogP contribution in [-0.4, -0.2) is 12.6 Å². The van der Waals surface area contributed by atoms with E-state index in [2.05, 4.69) is 0 Å². The Hall–Kier alpha value is -2.54. The van der Waals surface area contributed by atoms with Gasteiger partial charge in [0.2, 0.25) is 10.6 Å². The molecule has 0 aliphatic carbocycles. The number of nitrogens with two attached hydrogens (primary N) is 1. The predicted molar refractivity (Wildman–Crippen MR) is 115 cm³/mol. The summed E-state index contributed by atoms with van der Waals surface area (Å²) in [4.78, 5) is 25.9. The van der Waals surface area contributed by atoms with E-state index >= 15 is 0 Å². The molecule has 0 saturated heterocycles. The zero-order chi connectivity index (χ0) is 20.7. The van der Waals surface area contributed by atoms with Crippen molar-refractivity contribution in [1.82, 2.24) is 0 Å².